The summed E-state index contributed by atoms with van der Waals surface area (Å²) in [6.45, 7) is 10.9. The molecule has 1 amide bonds. The summed E-state index contributed by atoms with van der Waals surface area (Å²) in [4.78, 5) is 13.8. The second-order valence-electron chi connectivity index (χ2n) is 5.10. The number of nitrogens with zero attached hydrogens (tertiary/aromatic N) is 1. The minimum Gasteiger partial charge on any atom is -0.337 e. The molecule has 1 aliphatic rings. The van der Waals surface area contributed by atoms with Crippen LogP contribution in [0.25, 0.3) is 0 Å². The van der Waals surface area contributed by atoms with E-state index in [9.17, 15) is 4.79 Å². The first-order valence-corrected chi connectivity index (χ1v) is 5.27. The molecule has 1 atom stereocenters. The highest BCUT2D eigenvalue weighted by Gasteiger charge is 2.26. The van der Waals surface area contributed by atoms with Crippen LogP contribution in [0.2, 0.25) is 0 Å². The molecule has 1 saturated heterocycles. The Kier molecular flexibility index (Phi) is 3.53. The van der Waals surface area contributed by atoms with Gasteiger partial charge in [-0.15, -0.1) is 0 Å². The molecule has 0 unspecified atom stereocenters. The van der Waals surface area contributed by atoms with Crippen molar-refractivity contribution in [1.29, 1.82) is 0 Å². The SMILES string of the molecule is C[C@@H]1CNCCN1C(=O)[CH]C(C)(C)C. The minimum absolute atomic E-state index is 0.0261. The maximum absolute atomic E-state index is 11.9. The Balaban J connectivity index is 2.50. The van der Waals surface area contributed by atoms with Gasteiger partial charge >= 0.3 is 0 Å². The van der Waals surface area contributed by atoms with E-state index in [0.29, 0.717) is 6.04 Å². The first-order chi connectivity index (χ1) is 6.40. The van der Waals surface area contributed by atoms with Gasteiger partial charge in [-0.2, -0.15) is 0 Å². The third-order valence-corrected chi connectivity index (χ3v) is 2.34. The van der Waals surface area contributed by atoms with Gasteiger partial charge in [0.15, 0.2) is 0 Å². The van der Waals surface area contributed by atoms with Gasteiger partial charge in [-0.3, -0.25) is 4.79 Å². The van der Waals surface area contributed by atoms with E-state index in [-0.39, 0.29) is 11.3 Å². The van der Waals surface area contributed by atoms with E-state index in [0.717, 1.165) is 19.6 Å². The van der Waals surface area contributed by atoms with Crippen LogP contribution in [-0.4, -0.2) is 36.5 Å². The number of carbonyl (C=O) groups excluding carboxylic acids is 1. The molecule has 3 nitrogen and oxygen atoms in total. The van der Waals surface area contributed by atoms with Crippen molar-refractivity contribution in [2.45, 2.75) is 33.7 Å². The van der Waals surface area contributed by atoms with Gasteiger partial charge in [0.25, 0.3) is 0 Å². The van der Waals surface area contributed by atoms with Crippen molar-refractivity contribution in [3.63, 3.8) is 0 Å². The van der Waals surface area contributed by atoms with E-state index in [1.54, 1.807) is 0 Å². The Morgan fingerprint density at radius 1 is 1.50 bits per heavy atom. The van der Waals surface area contributed by atoms with Crippen molar-refractivity contribution in [3.8, 4) is 0 Å². The van der Waals surface area contributed by atoms with Crippen LogP contribution in [-0.2, 0) is 4.79 Å². The zero-order valence-corrected chi connectivity index (χ0v) is 9.63. The zero-order chi connectivity index (χ0) is 10.8. The molecule has 0 aliphatic carbocycles. The number of hydrogen-bond donors (Lipinski definition) is 1. The van der Waals surface area contributed by atoms with Gasteiger partial charge in [0.2, 0.25) is 5.91 Å². The van der Waals surface area contributed by atoms with Crippen molar-refractivity contribution in [2.75, 3.05) is 19.6 Å². The second kappa shape index (κ2) is 4.30. The molecule has 0 saturated carbocycles. The van der Waals surface area contributed by atoms with Crippen molar-refractivity contribution >= 4 is 5.91 Å². The lowest BCUT2D eigenvalue weighted by Crippen LogP contribution is -2.52. The first kappa shape index (κ1) is 11.5. The van der Waals surface area contributed by atoms with Crippen molar-refractivity contribution in [2.24, 2.45) is 5.41 Å². The molecule has 81 valence electrons. The van der Waals surface area contributed by atoms with Crippen molar-refractivity contribution in [1.82, 2.24) is 10.2 Å². The summed E-state index contributed by atoms with van der Waals surface area (Å²) in [5, 5.41) is 3.27. The Labute approximate surface area is 86.9 Å². The fourth-order valence-electron chi connectivity index (χ4n) is 1.62. The average molecular weight is 197 g/mol. The molecule has 1 aliphatic heterocycles. The van der Waals surface area contributed by atoms with Gasteiger partial charge in [-0.25, -0.2) is 0 Å². The lowest BCUT2D eigenvalue weighted by molar-refractivity contribution is -0.131. The molecule has 14 heavy (non-hydrogen) atoms. The standard InChI is InChI=1S/C11H21N2O/c1-9-8-12-5-6-13(9)10(14)7-11(2,3)4/h7,9,12H,5-6,8H2,1-4H3/t9-/m1/s1. The van der Waals surface area contributed by atoms with Gasteiger partial charge in [0.1, 0.15) is 0 Å². The fourth-order valence-corrected chi connectivity index (χ4v) is 1.62. The van der Waals surface area contributed by atoms with Crippen LogP contribution < -0.4 is 5.32 Å². The van der Waals surface area contributed by atoms with Crippen molar-refractivity contribution < 1.29 is 4.79 Å². The molecule has 0 aromatic rings. The van der Waals surface area contributed by atoms with E-state index in [2.05, 4.69) is 33.0 Å². The molecule has 1 rings (SSSR count). The third kappa shape index (κ3) is 3.29. The number of hydrogen-bond acceptors (Lipinski definition) is 2. The van der Waals surface area contributed by atoms with E-state index >= 15 is 0 Å². The van der Waals surface area contributed by atoms with Crippen LogP contribution in [0.1, 0.15) is 27.7 Å². The molecule has 1 heterocycles. The van der Waals surface area contributed by atoms with E-state index in [1.807, 2.05) is 11.3 Å². The predicted octanol–water partition coefficient (Wildman–Crippen LogP) is 1.06. The first-order valence-electron chi connectivity index (χ1n) is 5.27. The van der Waals surface area contributed by atoms with E-state index in [4.69, 9.17) is 0 Å². The maximum atomic E-state index is 11.9. The predicted molar refractivity (Wildman–Crippen MR) is 57.8 cm³/mol. The van der Waals surface area contributed by atoms with Crippen LogP contribution in [0.4, 0.5) is 0 Å². The molecule has 0 spiro atoms. The molecular weight excluding hydrogens is 176 g/mol. The smallest absolute Gasteiger partial charge is 0.227 e. The van der Waals surface area contributed by atoms with Gasteiger partial charge < -0.3 is 10.2 Å². The highest BCUT2D eigenvalue weighted by atomic mass is 16.2. The van der Waals surface area contributed by atoms with Crippen LogP contribution in [0.5, 0.6) is 0 Å². The van der Waals surface area contributed by atoms with Gasteiger partial charge in [-0.05, 0) is 12.3 Å². The normalized spacial score (nSPS) is 23.7. The molecule has 1 N–H and O–H groups in total. The number of rotatable bonds is 1. The molecular formula is C11H21N2O. The number of nitrogens with one attached hydrogen (secondary N) is 1. The fraction of sp³-hybridized carbons (Fsp3) is 0.818. The van der Waals surface area contributed by atoms with Gasteiger partial charge in [0.05, 0.1) is 6.42 Å². The highest BCUT2D eigenvalue weighted by Crippen LogP contribution is 2.19. The maximum Gasteiger partial charge on any atom is 0.227 e. The number of amides is 1. The summed E-state index contributed by atoms with van der Waals surface area (Å²) in [6.07, 6.45) is 1.81. The molecule has 0 aromatic heterocycles. The van der Waals surface area contributed by atoms with Crippen LogP contribution in [0.15, 0.2) is 0 Å². The molecule has 1 radical (unpaired) electrons. The lowest BCUT2D eigenvalue weighted by atomic mass is 9.91. The summed E-state index contributed by atoms with van der Waals surface area (Å²) in [7, 11) is 0. The third-order valence-electron chi connectivity index (χ3n) is 2.34. The second-order valence-corrected chi connectivity index (χ2v) is 5.10. The minimum atomic E-state index is -0.0261. The monoisotopic (exact) mass is 197 g/mol. The topological polar surface area (TPSA) is 32.3 Å². The van der Waals surface area contributed by atoms with E-state index in [1.165, 1.54) is 0 Å². The molecule has 0 aromatic carbocycles. The van der Waals surface area contributed by atoms with E-state index < -0.39 is 0 Å². The largest absolute Gasteiger partial charge is 0.337 e. The lowest BCUT2D eigenvalue weighted by Gasteiger charge is -2.35. The summed E-state index contributed by atoms with van der Waals surface area (Å²) < 4.78 is 0. The summed E-state index contributed by atoms with van der Waals surface area (Å²) >= 11 is 0. The summed E-state index contributed by atoms with van der Waals surface area (Å²) in [6, 6.07) is 0.315. The summed E-state index contributed by atoms with van der Waals surface area (Å²) in [5.74, 6) is 0.173. The average Bonchev–Trinajstić information content (AvgIpc) is 2.01. The highest BCUT2D eigenvalue weighted by molar-refractivity contribution is 5.86. The number of carbonyl (C=O) groups is 1. The Bertz CT molecular complexity index is 208. The number of piperazine rings is 1. The Morgan fingerprint density at radius 3 is 2.64 bits per heavy atom. The molecule has 0 bridgehead atoms. The van der Waals surface area contributed by atoms with Crippen LogP contribution in [0, 0.1) is 11.8 Å². The quantitative estimate of drug-likeness (QED) is 0.681. The van der Waals surface area contributed by atoms with Crippen LogP contribution in [0.3, 0.4) is 0 Å². The molecule has 3 heteroatoms. The van der Waals surface area contributed by atoms with Crippen LogP contribution >= 0.6 is 0 Å². The van der Waals surface area contributed by atoms with Gasteiger partial charge in [0, 0.05) is 25.7 Å². The summed E-state index contributed by atoms with van der Waals surface area (Å²) in [5.41, 5.74) is -0.0261. The Hall–Kier alpha value is -0.570. The van der Waals surface area contributed by atoms with Crippen molar-refractivity contribution in [3.05, 3.63) is 6.42 Å². The Morgan fingerprint density at radius 2 is 2.14 bits per heavy atom. The molecule has 1 fully saturated rings. The van der Waals surface area contributed by atoms with Gasteiger partial charge in [-0.1, -0.05) is 20.8 Å². The zero-order valence-electron chi connectivity index (χ0n) is 9.63.